The van der Waals surface area contributed by atoms with E-state index in [9.17, 15) is 5.11 Å². The molecule has 4 nitrogen and oxygen atoms in total. The molecular formula is C63H68N3OPtSe-. The maximum atomic E-state index is 12.6. The number of aromatic hydroxyl groups is 1. The van der Waals surface area contributed by atoms with Crippen molar-refractivity contribution in [1.29, 1.82) is 0 Å². The minimum atomic E-state index is -0.327. The Morgan fingerprint density at radius 2 is 1.19 bits per heavy atom. The van der Waals surface area contributed by atoms with Gasteiger partial charge in [-0.15, -0.1) is 0 Å². The van der Waals surface area contributed by atoms with Crippen LogP contribution < -0.4 is 0 Å². The molecule has 0 fully saturated rings. The van der Waals surface area contributed by atoms with Crippen LogP contribution in [0.3, 0.4) is 0 Å². The van der Waals surface area contributed by atoms with Crippen molar-refractivity contribution in [2.24, 2.45) is 5.41 Å². The number of pyridine rings is 1. The molecule has 6 heteroatoms. The number of hydrogen-bond donors (Lipinski definition) is 1. The van der Waals surface area contributed by atoms with Crippen LogP contribution in [0.25, 0.3) is 80.9 Å². The number of phenols is 1. The van der Waals surface area contributed by atoms with E-state index in [-0.39, 0.29) is 68.4 Å². The molecule has 0 amide bonds. The van der Waals surface area contributed by atoms with Crippen molar-refractivity contribution < 1.29 is 26.2 Å². The van der Waals surface area contributed by atoms with E-state index in [2.05, 4.69) is 230 Å². The van der Waals surface area contributed by atoms with Gasteiger partial charge >= 0.3 is 293 Å². The number of fused-ring (bicyclic) bond motifs is 4. The molecule has 1 N–H and O–H groups in total. The van der Waals surface area contributed by atoms with Gasteiger partial charge in [-0.1, -0.05) is 98.7 Å². The maximum absolute atomic E-state index is 12.6. The topological polar surface area (TPSA) is 50.9 Å². The zero-order chi connectivity index (χ0) is 48.9. The second-order valence-corrected chi connectivity index (χ2v) is 26.5. The van der Waals surface area contributed by atoms with Crippen LogP contribution in [-0.2, 0) is 49.1 Å². The summed E-state index contributed by atoms with van der Waals surface area (Å²) >= 11 is 0.0873. The summed E-state index contributed by atoms with van der Waals surface area (Å²) in [5, 5.41) is 15.3. The van der Waals surface area contributed by atoms with Crippen molar-refractivity contribution in [2.75, 3.05) is 0 Å². The van der Waals surface area contributed by atoms with Crippen LogP contribution in [0, 0.1) is 11.5 Å². The third-order valence-corrected chi connectivity index (χ3v) is 16.1. The summed E-state index contributed by atoms with van der Waals surface area (Å²) in [5.41, 5.74) is 15.1. The molecule has 358 valence electrons. The maximum Gasteiger partial charge on any atom is 0 e. The molecular weight excluding hydrogens is 1090 g/mol. The molecule has 0 aliphatic carbocycles. The Labute approximate surface area is 431 Å². The Kier molecular flexibility index (Phi) is 13.1. The predicted molar refractivity (Wildman–Crippen MR) is 291 cm³/mol. The molecule has 0 bridgehead atoms. The molecule has 9 rings (SSSR count). The summed E-state index contributed by atoms with van der Waals surface area (Å²) in [6.45, 7) is 33.9. The van der Waals surface area contributed by atoms with Crippen LogP contribution in [-0.4, -0.2) is 34.1 Å². The molecule has 69 heavy (non-hydrogen) atoms. The van der Waals surface area contributed by atoms with E-state index in [1.807, 2.05) is 6.20 Å². The van der Waals surface area contributed by atoms with E-state index in [0.29, 0.717) is 11.4 Å². The van der Waals surface area contributed by atoms with Gasteiger partial charge in [0.05, 0.1) is 0 Å². The van der Waals surface area contributed by atoms with Gasteiger partial charge < -0.3 is 0 Å². The van der Waals surface area contributed by atoms with Crippen molar-refractivity contribution in [3.8, 4) is 56.3 Å². The largest absolute Gasteiger partial charge is 0 e. The van der Waals surface area contributed by atoms with Crippen LogP contribution in [0.1, 0.15) is 132 Å². The van der Waals surface area contributed by atoms with Crippen molar-refractivity contribution in [1.82, 2.24) is 14.5 Å². The third kappa shape index (κ3) is 9.74. The molecule has 0 radical (unpaired) electrons. The van der Waals surface area contributed by atoms with Gasteiger partial charge in [0.15, 0.2) is 0 Å². The zero-order valence-corrected chi connectivity index (χ0v) is 47.3. The number of hydrogen-bond acceptors (Lipinski definition) is 3. The molecule has 3 aromatic heterocycles. The van der Waals surface area contributed by atoms with Crippen molar-refractivity contribution in [2.45, 2.75) is 132 Å². The molecule has 6 aromatic carbocycles. The Bertz CT molecular complexity index is 3390. The van der Waals surface area contributed by atoms with Gasteiger partial charge in [-0.3, -0.25) is 0 Å². The predicted octanol–water partition coefficient (Wildman–Crippen LogP) is 16.7. The van der Waals surface area contributed by atoms with Gasteiger partial charge in [-0.05, 0) is 21.8 Å². The SMILES string of the molecule is CC(C)(C)Cc1cccc2c1[se]c1c(-c3[c-]c(-c4cccc5c4nc(-c4cc(C(C)(C)C)cc(C(C)(C)C)c4O)n5-c4ccc(C(C)(C)C)cc4-c4ccccc4)cc(C(C)(C)C)c3)nccc12.[Pt]. The fourth-order valence-electron chi connectivity index (χ4n) is 9.56. The number of para-hydroxylation sites is 1. The third-order valence-electron chi connectivity index (χ3n) is 13.4. The molecule has 0 spiro atoms. The van der Waals surface area contributed by atoms with E-state index in [1.165, 1.54) is 36.0 Å². The van der Waals surface area contributed by atoms with Crippen LogP contribution in [0.5, 0.6) is 5.75 Å². The molecule has 0 saturated heterocycles. The first-order valence-corrected chi connectivity index (χ1v) is 26.0. The Balaban J connectivity index is 0.00000642. The smallest absolute Gasteiger partial charge is 0 e. The first kappa shape index (κ1) is 50.3. The van der Waals surface area contributed by atoms with Crippen LogP contribution in [0.4, 0.5) is 0 Å². The average molecular weight is 1160 g/mol. The molecule has 0 aliphatic rings. The summed E-state index contributed by atoms with van der Waals surface area (Å²) in [6.07, 6.45) is 3.02. The fourth-order valence-corrected chi connectivity index (χ4v) is 12.3. The quantitative estimate of drug-likeness (QED) is 0.133. The number of benzene rings is 6. The average Bonchev–Trinajstić information content (AvgIpc) is 3.84. The number of phenolic OH excluding ortho intramolecular Hbond substituents is 1. The molecule has 0 atom stereocenters. The second kappa shape index (κ2) is 18.0. The molecule has 0 saturated carbocycles. The summed E-state index contributed by atoms with van der Waals surface area (Å²) in [4.78, 5) is 10.9. The molecule has 9 aromatic rings. The monoisotopic (exact) mass is 1160 g/mol. The molecule has 0 aliphatic heterocycles. The fraction of sp³-hybridized carbons (Fsp3) is 0.333. The Morgan fingerprint density at radius 3 is 1.84 bits per heavy atom. The van der Waals surface area contributed by atoms with Crippen LogP contribution in [0.15, 0.2) is 121 Å². The normalized spacial score (nSPS) is 12.9. The zero-order valence-electron chi connectivity index (χ0n) is 43.3. The summed E-state index contributed by atoms with van der Waals surface area (Å²) in [7, 11) is 0. The van der Waals surface area contributed by atoms with Gasteiger partial charge in [-0.25, -0.2) is 0 Å². The van der Waals surface area contributed by atoms with Gasteiger partial charge in [0.1, 0.15) is 0 Å². The number of aromatic nitrogens is 3. The first-order valence-electron chi connectivity index (χ1n) is 24.3. The summed E-state index contributed by atoms with van der Waals surface area (Å²) < 4.78 is 5.11. The second-order valence-electron chi connectivity index (χ2n) is 24.3. The minimum absolute atomic E-state index is 0. The van der Waals surface area contributed by atoms with E-state index < -0.39 is 0 Å². The minimum Gasteiger partial charge on any atom is 0 e. The van der Waals surface area contributed by atoms with Gasteiger partial charge in [-0.2, -0.15) is 0 Å². The number of rotatable bonds is 6. The van der Waals surface area contributed by atoms with Crippen molar-refractivity contribution >= 4 is 44.8 Å². The van der Waals surface area contributed by atoms with Gasteiger partial charge in [0.2, 0.25) is 0 Å². The summed E-state index contributed by atoms with van der Waals surface area (Å²) in [6, 6.07) is 46.1. The van der Waals surface area contributed by atoms with Crippen molar-refractivity contribution in [3.63, 3.8) is 0 Å². The number of imidazole rings is 1. The van der Waals surface area contributed by atoms with Gasteiger partial charge in [0.25, 0.3) is 0 Å². The Morgan fingerprint density at radius 1 is 0.565 bits per heavy atom. The standard InChI is InChI=1S/C63H68N3OSe.Pt/c1-59(2,3)37-39-23-19-25-46-47-29-30-64-53(57(47)68-56(39)46)41-31-40(32-43(33-41)61(7,8)9)45-24-20-26-52-54(45)65-58(49-35-44(62(10,11)12)36-50(55(49)67)63(13,14)15)66(52)51-28-27-42(60(4,5)6)34-48(51)38-21-17-16-18-22-38;/h16-30,32-36,67H,37H2,1-15H3;/q-1;. The molecule has 3 heterocycles. The first-order chi connectivity index (χ1) is 31.8. The van der Waals surface area contributed by atoms with E-state index >= 15 is 0 Å². The summed E-state index contributed by atoms with van der Waals surface area (Å²) in [5.74, 6) is 0.959. The number of nitrogens with zero attached hydrogens (tertiary/aromatic N) is 3. The van der Waals surface area contributed by atoms with E-state index in [0.717, 1.165) is 67.8 Å². The van der Waals surface area contributed by atoms with Gasteiger partial charge in [0, 0.05) is 21.1 Å². The Hall–Kier alpha value is -5.05. The van der Waals surface area contributed by atoms with Crippen LogP contribution in [0.2, 0.25) is 0 Å². The van der Waals surface area contributed by atoms with E-state index in [1.54, 1.807) is 0 Å². The van der Waals surface area contributed by atoms with Crippen molar-refractivity contribution in [3.05, 3.63) is 155 Å². The molecule has 0 unspecified atom stereocenters. The van der Waals surface area contributed by atoms with E-state index in [4.69, 9.17) is 9.97 Å². The van der Waals surface area contributed by atoms with Crippen LogP contribution >= 0.6 is 0 Å².